The van der Waals surface area contributed by atoms with Crippen LogP contribution in [0.5, 0.6) is 0 Å². The van der Waals surface area contributed by atoms with Gasteiger partial charge in [0.2, 0.25) is 5.91 Å². The number of carbonyl (C=O) groups is 1. The van der Waals surface area contributed by atoms with Crippen LogP contribution in [0.3, 0.4) is 0 Å². The third kappa shape index (κ3) is 3.22. The Hall–Kier alpha value is -1.75. The first-order valence-electron chi connectivity index (χ1n) is 6.59. The van der Waals surface area contributed by atoms with E-state index in [1.165, 1.54) is 0 Å². The number of halogens is 1. The lowest BCUT2D eigenvalue weighted by molar-refractivity contribution is -0.121. The number of oxime groups is 1. The molecule has 1 aliphatic carbocycles. The van der Waals surface area contributed by atoms with Gasteiger partial charge in [0, 0.05) is 5.02 Å². The summed E-state index contributed by atoms with van der Waals surface area (Å²) in [6.07, 6.45) is 3.52. The Bertz CT molecular complexity index is 525. The summed E-state index contributed by atoms with van der Waals surface area (Å²) in [4.78, 5) is 12.2. The van der Waals surface area contributed by atoms with E-state index in [4.69, 9.17) is 22.5 Å². The molecule has 2 rings (SSSR count). The molecule has 6 heteroatoms. The summed E-state index contributed by atoms with van der Waals surface area (Å²) in [5, 5.41) is 15.5. The Balaban J connectivity index is 2.06. The summed E-state index contributed by atoms with van der Waals surface area (Å²) < 4.78 is 0. The Labute approximate surface area is 122 Å². The summed E-state index contributed by atoms with van der Waals surface area (Å²) in [6.45, 7) is 0. The standard InChI is InChI=1S/C14H18ClN3O2/c15-11-5-3-4-10(8-11)9-12(19)17-14(13(16)18-20)6-1-2-7-14/h3-5,8,20H,1-2,6-7,9H2,(H2,16,18)(H,17,19). The molecule has 0 heterocycles. The molecule has 0 radical (unpaired) electrons. The van der Waals surface area contributed by atoms with E-state index in [1.54, 1.807) is 18.2 Å². The van der Waals surface area contributed by atoms with E-state index < -0.39 is 5.54 Å². The number of amides is 1. The fourth-order valence-corrected chi connectivity index (χ4v) is 2.88. The van der Waals surface area contributed by atoms with Gasteiger partial charge in [-0.3, -0.25) is 4.79 Å². The lowest BCUT2D eigenvalue weighted by Gasteiger charge is -2.28. The van der Waals surface area contributed by atoms with Crippen LogP contribution >= 0.6 is 11.6 Å². The molecule has 0 atom stereocenters. The number of benzene rings is 1. The number of amidine groups is 1. The summed E-state index contributed by atoms with van der Waals surface area (Å²) >= 11 is 5.89. The van der Waals surface area contributed by atoms with Crippen molar-refractivity contribution < 1.29 is 10.0 Å². The van der Waals surface area contributed by atoms with Gasteiger partial charge >= 0.3 is 0 Å². The van der Waals surface area contributed by atoms with Crippen LogP contribution in [0, 0.1) is 0 Å². The molecule has 1 fully saturated rings. The van der Waals surface area contributed by atoms with Crippen LogP contribution in [0.4, 0.5) is 0 Å². The normalized spacial score (nSPS) is 17.9. The average molecular weight is 296 g/mol. The van der Waals surface area contributed by atoms with Crippen molar-refractivity contribution >= 4 is 23.3 Å². The molecule has 1 saturated carbocycles. The molecule has 1 aliphatic rings. The number of nitrogens with two attached hydrogens (primary N) is 1. The van der Waals surface area contributed by atoms with Crippen molar-refractivity contribution in [2.45, 2.75) is 37.6 Å². The maximum atomic E-state index is 12.2. The van der Waals surface area contributed by atoms with Crippen molar-refractivity contribution in [1.29, 1.82) is 0 Å². The molecule has 1 amide bonds. The van der Waals surface area contributed by atoms with Crippen LogP contribution in [0.15, 0.2) is 29.4 Å². The second kappa shape index (κ2) is 6.13. The van der Waals surface area contributed by atoms with Crippen LogP contribution in [0.25, 0.3) is 0 Å². The van der Waals surface area contributed by atoms with Gasteiger partial charge in [0.15, 0.2) is 5.84 Å². The van der Waals surface area contributed by atoms with Gasteiger partial charge in [-0.1, -0.05) is 41.7 Å². The SMILES string of the molecule is NC(=NO)C1(NC(=O)Cc2cccc(Cl)c2)CCCC1. The molecule has 0 unspecified atom stereocenters. The van der Waals surface area contributed by atoms with Crippen molar-refractivity contribution in [1.82, 2.24) is 5.32 Å². The van der Waals surface area contributed by atoms with Crippen molar-refractivity contribution in [3.63, 3.8) is 0 Å². The number of hydrogen-bond acceptors (Lipinski definition) is 3. The van der Waals surface area contributed by atoms with Crippen LogP contribution in [-0.4, -0.2) is 22.5 Å². The minimum absolute atomic E-state index is 0.0782. The van der Waals surface area contributed by atoms with Gasteiger partial charge in [0.1, 0.15) is 5.54 Å². The number of hydrogen-bond donors (Lipinski definition) is 3. The molecule has 0 aromatic heterocycles. The van der Waals surface area contributed by atoms with E-state index in [2.05, 4.69) is 10.5 Å². The first kappa shape index (κ1) is 14.7. The zero-order valence-electron chi connectivity index (χ0n) is 11.1. The van der Waals surface area contributed by atoms with E-state index in [0.717, 1.165) is 18.4 Å². The fraction of sp³-hybridized carbons (Fsp3) is 0.429. The third-order valence-electron chi connectivity index (χ3n) is 3.69. The minimum atomic E-state index is -0.704. The highest BCUT2D eigenvalue weighted by molar-refractivity contribution is 6.30. The van der Waals surface area contributed by atoms with E-state index in [-0.39, 0.29) is 18.2 Å². The van der Waals surface area contributed by atoms with Crippen molar-refractivity contribution in [3.8, 4) is 0 Å². The molecule has 0 saturated heterocycles. The topological polar surface area (TPSA) is 87.7 Å². The van der Waals surface area contributed by atoms with Crippen molar-refractivity contribution in [2.75, 3.05) is 0 Å². The molecule has 5 nitrogen and oxygen atoms in total. The van der Waals surface area contributed by atoms with Crippen LogP contribution < -0.4 is 11.1 Å². The number of nitrogens with one attached hydrogen (secondary N) is 1. The van der Waals surface area contributed by atoms with E-state index in [0.29, 0.717) is 17.9 Å². The smallest absolute Gasteiger partial charge is 0.225 e. The monoisotopic (exact) mass is 295 g/mol. The molecule has 0 bridgehead atoms. The Morgan fingerprint density at radius 2 is 2.15 bits per heavy atom. The highest BCUT2D eigenvalue weighted by atomic mass is 35.5. The van der Waals surface area contributed by atoms with Gasteiger partial charge in [-0.05, 0) is 30.5 Å². The highest BCUT2D eigenvalue weighted by Crippen LogP contribution is 2.30. The molecule has 0 aliphatic heterocycles. The van der Waals surface area contributed by atoms with E-state index >= 15 is 0 Å². The summed E-state index contributed by atoms with van der Waals surface area (Å²) in [7, 11) is 0. The quantitative estimate of drug-likeness (QED) is 0.344. The summed E-state index contributed by atoms with van der Waals surface area (Å²) in [5.41, 5.74) is 5.88. The van der Waals surface area contributed by atoms with Gasteiger partial charge in [-0.15, -0.1) is 0 Å². The second-order valence-corrected chi connectivity index (χ2v) is 5.57. The van der Waals surface area contributed by atoms with Gasteiger partial charge < -0.3 is 16.3 Å². The van der Waals surface area contributed by atoms with Gasteiger partial charge in [0.25, 0.3) is 0 Å². The van der Waals surface area contributed by atoms with Gasteiger partial charge in [-0.25, -0.2) is 0 Å². The van der Waals surface area contributed by atoms with Crippen molar-refractivity contribution in [2.24, 2.45) is 10.9 Å². The maximum absolute atomic E-state index is 12.2. The van der Waals surface area contributed by atoms with Gasteiger partial charge in [0.05, 0.1) is 6.42 Å². The maximum Gasteiger partial charge on any atom is 0.225 e. The zero-order chi connectivity index (χ0) is 14.6. The first-order chi connectivity index (χ1) is 9.55. The first-order valence-corrected chi connectivity index (χ1v) is 6.97. The lowest BCUT2D eigenvalue weighted by Crippen LogP contribution is -2.56. The average Bonchev–Trinajstić information content (AvgIpc) is 2.87. The summed E-state index contributed by atoms with van der Waals surface area (Å²) in [5.74, 6) is -0.0739. The van der Waals surface area contributed by atoms with Crippen molar-refractivity contribution in [3.05, 3.63) is 34.9 Å². The largest absolute Gasteiger partial charge is 0.409 e. The molecule has 108 valence electrons. The second-order valence-electron chi connectivity index (χ2n) is 5.13. The molecule has 1 aromatic carbocycles. The number of rotatable bonds is 4. The van der Waals surface area contributed by atoms with Crippen LogP contribution in [0.2, 0.25) is 5.02 Å². The number of nitrogens with zero attached hydrogens (tertiary/aromatic N) is 1. The lowest BCUT2D eigenvalue weighted by atomic mass is 9.95. The molecular formula is C14H18ClN3O2. The molecule has 1 aromatic rings. The Morgan fingerprint density at radius 1 is 1.45 bits per heavy atom. The van der Waals surface area contributed by atoms with E-state index in [9.17, 15) is 4.79 Å². The molecule has 20 heavy (non-hydrogen) atoms. The molecule has 4 N–H and O–H groups in total. The zero-order valence-corrected chi connectivity index (χ0v) is 11.9. The van der Waals surface area contributed by atoms with Gasteiger partial charge in [-0.2, -0.15) is 0 Å². The third-order valence-corrected chi connectivity index (χ3v) is 3.92. The predicted octanol–water partition coefficient (Wildman–Crippen LogP) is 2.06. The predicted molar refractivity (Wildman–Crippen MR) is 77.9 cm³/mol. The highest BCUT2D eigenvalue weighted by Gasteiger charge is 2.39. The minimum Gasteiger partial charge on any atom is -0.409 e. The van der Waals surface area contributed by atoms with Crippen LogP contribution in [0.1, 0.15) is 31.2 Å². The van der Waals surface area contributed by atoms with E-state index in [1.807, 2.05) is 6.07 Å². The number of carbonyl (C=O) groups excluding carboxylic acids is 1. The Morgan fingerprint density at radius 3 is 2.75 bits per heavy atom. The summed E-state index contributed by atoms with van der Waals surface area (Å²) in [6, 6.07) is 7.17. The molecular weight excluding hydrogens is 278 g/mol. The fourth-order valence-electron chi connectivity index (χ4n) is 2.66. The van der Waals surface area contributed by atoms with Crippen LogP contribution in [-0.2, 0) is 11.2 Å². The molecule has 0 spiro atoms. The Kier molecular flexibility index (Phi) is 4.49.